The zero-order chi connectivity index (χ0) is 6.41. The molecule has 0 aliphatic carbocycles. The van der Waals surface area contributed by atoms with Gasteiger partial charge in [-0.15, -0.1) is 0 Å². The second-order valence-electron chi connectivity index (χ2n) is 1.49. The smallest absolute Gasteiger partial charge is 0.0300 e. The van der Waals surface area contributed by atoms with Crippen LogP contribution >= 0.6 is 0 Å². The Kier molecular flexibility index (Phi) is 5.26. The topological polar surface area (TPSA) is 61.9 Å². The molecule has 0 aromatic rings. The van der Waals surface area contributed by atoms with Gasteiger partial charge >= 0.3 is 0 Å². The van der Waals surface area contributed by atoms with Crippen molar-refractivity contribution in [2.45, 2.75) is 6.92 Å². The second-order valence-corrected chi connectivity index (χ2v) is 2.75. The third kappa shape index (κ3) is 6.07. The molecule has 0 spiro atoms. The third-order valence-electron chi connectivity index (χ3n) is 0.749. The highest BCUT2D eigenvalue weighted by molar-refractivity contribution is 7.83. The van der Waals surface area contributed by atoms with E-state index in [1.807, 2.05) is 6.92 Å². The lowest BCUT2D eigenvalue weighted by atomic mass is 10.7. The molecule has 0 saturated heterocycles. The van der Waals surface area contributed by atoms with Crippen LogP contribution in [0.25, 0.3) is 0 Å². The highest BCUT2D eigenvalue weighted by atomic mass is 32.2. The van der Waals surface area contributed by atoms with E-state index in [4.69, 9.17) is 9.92 Å². The lowest BCUT2D eigenvalue weighted by Gasteiger charge is -1.97. The standard InChI is InChI=1S/C4H13N3S/c1-2-7-3-4-8(5)6/h7H,2-4H2,1H3,(H3,5,6). The molecule has 8 heavy (non-hydrogen) atoms. The average molecular weight is 135 g/mol. The van der Waals surface area contributed by atoms with Gasteiger partial charge in [0.2, 0.25) is 0 Å². The minimum Gasteiger partial charge on any atom is -0.316 e. The van der Waals surface area contributed by atoms with E-state index in [2.05, 4.69) is 5.32 Å². The van der Waals surface area contributed by atoms with Gasteiger partial charge in [0.15, 0.2) is 0 Å². The van der Waals surface area contributed by atoms with Crippen LogP contribution in [0.3, 0.4) is 0 Å². The van der Waals surface area contributed by atoms with Crippen LogP contribution in [-0.2, 0) is 10.9 Å². The summed E-state index contributed by atoms with van der Waals surface area (Å²) in [4.78, 5) is 0. The maximum Gasteiger partial charge on any atom is 0.0300 e. The van der Waals surface area contributed by atoms with Gasteiger partial charge in [0.25, 0.3) is 0 Å². The van der Waals surface area contributed by atoms with Crippen molar-refractivity contribution in [2.75, 3.05) is 18.8 Å². The molecule has 0 aliphatic heterocycles. The summed E-state index contributed by atoms with van der Waals surface area (Å²) < 4.78 is 6.92. The van der Waals surface area contributed by atoms with Gasteiger partial charge in [-0.05, 0) is 17.4 Å². The minimum atomic E-state index is -0.630. The second kappa shape index (κ2) is 5.21. The Bertz CT molecular complexity index is 73.7. The highest BCUT2D eigenvalue weighted by Crippen LogP contribution is 1.66. The summed E-state index contributed by atoms with van der Waals surface area (Å²) in [6, 6.07) is 0. The molecular weight excluding hydrogens is 122 g/mol. The fraction of sp³-hybridized carbons (Fsp3) is 1.00. The molecule has 1 atom stereocenters. The first-order valence-electron chi connectivity index (χ1n) is 2.64. The largest absolute Gasteiger partial charge is 0.316 e. The molecule has 0 aliphatic rings. The maximum absolute atomic E-state index is 6.92. The van der Waals surface area contributed by atoms with Crippen LogP contribution in [0.15, 0.2) is 0 Å². The minimum absolute atomic E-state index is 0.630. The van der Waals surface area contributed by atoms with E-state index < -0.39 is 10.9 Å². The van der Waals surface area contributed by atoms with E-state index in [0.717, 1.165) is 18.8 Å². The van der Waals surface area contributed by atoms with Gasteiger partial charge in [-0.2, -0.15) is 0 Å². The molecule has 4 N–H and O–H groups in total. The quantitative estimate of drug-likeness (QED) is 0.469. The Hall–Kier alpha value is 0.0700. The van der Waals surface area contributed by atoms with Gasteiger partial charge in [-0.25, -0.2) is 0 Å². The van der Waals surface area contributed by atoms with Crippen LogP contribution in [-0.4, -0.2) is 18.8 Å². The summed E-state index contributed by atoms with van der Waals surface area (Å²) in [7, 11) is -0.630. The van der Waals surface area contributed by atoms with Crippen molar-refractivity contribution in [3.63, 3.8) is 0 Å². The molecule has 0 aromatic heterocycles. The number of hydrogen-bond acceptors (Lipinski definition) is 2. The third-order valence-corrected chi connectivity index (χ3v) is 1.39. The predicted molar refractivity (Wildman–Crippen MR) is 37.7 cm³/mol. The molecule has 0 fully saturated rings. The normalized spacial score (nSPS) is 13.8. The van der Waals surface area contributed by atoms with Crippen molar-refractivity contribution in [1.82, 2.24) is 5.32 Å². The van der Waals surface area contributed by atoms with Crippen LogP contribution in [0.2, 0.25) is 0 Å². The van der Waals surface area contributed by atoms with Gasteiger partial charge in [-0.3, -0.25) is 9.92 Å². The number of rotatable bonds is 4. The molecule has 1 unspecified atom stereocenters. The van der Waals surface area contributed by atoms with Gasteiger partial charge in [0.1, 0.15) is 0 Å². The molecule has 0 saturated carbocycles. The van der Waals surface area contributed by atoms with E-state index in [-0.39, 0.29) is 0 Å². The zero-order valence-electron chi connectivity index (χ0n) is 5.11. The molecule has 0 heterocycles. The molecule has 0 bridgehead atoms. The lowest BCUT2D eigenvalue weighted by Crippen LogP contribution is -2.21. The molecule has 0 amide bonds. The first-order valence-corrected chi connectivity index (χ1v) is 4.10. The number of nitrogens with one attached hydrogen (secondary N) is 2. The van der Waals surface area contributed by atoms with Gasteiger partial charge in [-0.1, -0.05) is 6.92 Å². The van der Waals surface area contributed by atoms with E-state index in [9.17, 15) is 0 Å². The molecular formula is C4H13N3S. The monoisotopic (exact) mass is 135 g/mol. The molecule has 0 aromatic carbocycles. The first kappa shape index (κ1) is 8.07. The van der Waals surface area contributed by atoms with Crippen LogP contribution in [0.5, 0.6) is 0 Å². The average Bonchev–Trinajstić information content (AvgIpc) is 1.66. The van der Waals surface area contributed by atoms with Crippen molar-refractivity contribution in [3.8, 4) is 0 Å². The predicted octanol–water partition coefficient (Wildman–Crippen LogP) is -0.150. The fourth-order valence-corrected chi connectivity index (χ4v) is 0.723. The summed E-state index contributed by atoms with van der Waals surface area (Å²) >= 11 is 0. The maximum atomic E-state index is 6.92. The van der Waals surface area contributed by atoms with E-state index in [0.29, 0.717) is 0 Å². The number of hydrogen-bond donors (Lipinski definition) is 3. The molecule has 50 valence electrons. The van der Waals surface area contributed by atoms with E-state index in [1.165, 1.54) is 0 Å². The van der Waals surface area contributed by atoms with Gasteiger partial charge in [0.05, 0.1) is 0 Å². The molecule has 3 nitrogen and oxygen atoms in total. The summed E-state index contributed by atoms with van der Waals surface area (Å²) in [6.45, 7) is 3.88. The summed E-state index contributed by atoms with van der Waals surface area (Å²) in [5.41, 5.74) is 0. The number of nitrogens with two attached hydrogens (primary N) is 1. The van der Waals surface area contributed by atoms with Crippen LogP contribution in [0.4, 0.5) is 0 Å². The van der Waals surface area contributed by atoms with Gasteiger partial charge in [0, 0.05) is 12.3 Å². The zero-order valence-corrected chi connectivity index (χ0v) is 5.92. The lowest BCUT2D eigenvalue weighted by molar-refractivity contribution is 0.767. The van der Waals surface area contributed by atoms with Gasteiger partial charge < -0.3 is 5.32 Å². The SMILES string of the molecule is CCNCCS(=N)N. The van der Waals surface area contributed by atoms with Crippen LogP contribution in [0, 0.1) is 4.78 Å². The highest BCUT2D eigenvalue weighted by Gasteiger charge is 1.83. The summed E-state index contributed by atoms with van der Waals surface area (Å²) in [5.74, 6) is 0.772. The summed E-state index contributed by atoms with van der Waals surface area (Å²) in [6.07, 6.45) is 0. The van der Waals surface area contributed by atoms with Crippen LogP contribution in [0.1, 0.15) is 6.92 Å². The Morgan fingerprint density at radius 3 is 2.75 bits per heavy atom. The molecule has 0 rings (SSSR count). The Balaban J connectivity index is 2.82. The van der Waals surface area contributed by atoms with E-state index >= 15 is 0 Å². The molecule has 0 radical (unpaired) electrons. The summed E-state index contributed by atoms with van der Waals surface area (Å²) in [5, 5.41) is 8.27. The van der Waals surface area contributed by atoms with Crippen molar-refractivity contribution in [2.24, 2.45) is 5.14 Å². The Labute approximate surface area is 52.7 Å². The Morgan fingerprint density at radius 2 is 2.38 bits per heavy atom. The Morgan fingerprint density at radius 1 is 1.75 bits per heavy atom. The van der Waals surface area contributed by atoms with Crippen molar-refractivity contribution >= 4 is 10.9 Å². The molecule has 4 heteroatoms. The van der Waals surface area contributed by atoms with Crippen LogP contribution < -0.4 is 10.5 Å². The van der Waals surface area contributed by atoms with Crippen molar-refractivity contribution < 1.29 is 0 Å². The van der Waals surface area contributed by atoms with Crippen molar-refractivity contribution in [3.05, 3.63) is 0 Å². The van der Waals surface area contributed by atoms with E-state index in [1.54, 1.807) is 0 Å². The first-order chi connectivity index (χ1) is 3.77. The fourth-order valence-electron chi connectivity index (χ4n) is 0.359. The van der Waals surface area contributed by atoms with Crippen molar-refractivity contribution in [1.29, 1.82) is 4.78 Å².